The van der Waals surface area contributed by atoms with Crippen molar-refractivity contribution in [2.45, 2.75) is 0 Å². The Morgan fingerprint density at radius 1 is 0.535 bits per heavy atom. The van der Waals surface area contributed by atoms with Gasteiger partial charge in [0.25, 0.3) is 0 Å². The Labute approximate surface area is 244 Å². The second kappa shape index (κ2) is 8.60. The standard InChI is InChI=1S/C38H19N3O2/c39-20-22-12-15-33-29(18-22)28-14-17-35-36(38(28)43-33)30-19-23(13-16-34(30)42-35)25-9-5-6-24(21-40)37(25)41-31-10-3-1-7-26(31)27-8-2-4-11-32(27)41/h1-19H. The monoisotopic (exact) mass is 549 g/mol. The first-order valence-corrected chi connectivity index (χ1v) is 14.0. The van der Waals surface area contributed by atoms with E-state index in [0.29, 0.717) is 11.1 Å². The third-order valence-electron chi connectivity index (χ3n) is 8.47. The smallest absolute Gasteiger partial charge is 0.147 e. The lowest BCUT2D eigenvalue weighted by molar-refractivity contribution is 0.663. The Morgan fingerprint density at radius 3 is 2.02 bits per heavy atom. The van der Waals surface area contributed by atoms with E-state index in [-0.39, 0.29) is 0 Å². The molecule has 0 radical (unpaired) electrons. The lowest BCUT2D eigenvalue weighted by atomic mass is 9.97. The summed E-state index contributed by atoms with van der Waals surface area (Å²) in [6, 6.07) is 42.8. The molecule has 5 nitrogen and oxygen atoms in total. The predicted octanol–water partition coefficient (Wildman–Crippen LogP) is 9.99. The molecule has 5 heteroatoms. The maximum Gasteiger partial charge on any atom is 0.147 e. The van der Waals surface area contributed by atoms with Crippen LogP contribution in [0.2, 0.25) is 0 Å². The van der Waals surface area contributed by atoms with Crippen LogP contribution >= 0.6 is 0 Å². The van der Waals surface area contributed by atoms with Crippen molar-refractivity contribution < 1.29 is 8.83 Å². The van der Waals surface area contributed by atoms with Gasteiger partial charge in [-0.05, 0) is 66.2 Å². The van der Waals surface area contributed by atoms with Gasteiger partial charge in [0, 0.05) is 32.5 Å². The van der Waals surface area contributed by atoms with Gasteiger partial charge < -0.3 is 13.4 Å². The molecule has 43 heavy (non-hydrogen) atoms. The van der Waals surface area contributed by atoms with Crippen LogP contribution in [0.4, 0.5) is 0 Å². The highest BCUT2D eigenvalue weighted by molar-refractivity contribution is 6.22. The predicted molar refractivity (Wildman–Crippen MR) is 170 cm³/mol. The van der Waals surface area contributed by atoms with E-state index in [4.69, 9.17) is 8.83 Å². The average Bonchev–Trinajstić information content (AvgIpc) is 3.73. The Hall–Kier alpha value is -6.30. The second-order valence-electron chi connectivity index (χ2n) is 10.7. The molecule has 9 rings (SSSR count). The number of nitriles is 2. The normalized spacial score (nSPS) is 11.7. The van der Waals surface area contributed by atoms with Crippen molar-refractivity contribution >= 4 is 65.7 Å². The molecular weight excluding hydrogens is 530 g/mol. The Morgan fingerprint density at radius 2 is 1.26 bits per heavy atom. The summed E-state index contributed by atoms with van der Waals surface area (Å²) in [4.78, 5) is 0. The Bertz CT molecular complexity index is 2650. The fourth-order valence-electron chi connectivity index (χ4n) is 6.60. The van der Waals surface area contributed by atoms with Gasteiger partial charge in [-0.15, -0.1) is 0 Å². The first-order valence-electron chi connectivity index (χ1n) is 14.0. The van der Waals surface area contributed by atoms with Gasteiger partial charge in [-0.2, -0.15) is 10.5 Å². The van der Waals surface area contributed by atoms with E-state index in [1.165, 1.54) is 0 Å². The third-order valence-corrected chi connectivity index (χ3v) is 8.47. The van der Waals surface area contributed by atoms with Crippen molar-refractivity contribution in [3.8, 4) is 29.0 Å². The lowest BCUT2D eigenvalue weighted by Crippen LogP contribution is -2.00. The number of fused-ring (bicyclic) bond motifs is 10. The molecule has 0 amide bonds. The van der Waals surface area contributed by atoms with E-state index >= 15 is 0 Å². The van der Waals surface area contributed by atoms with Crippen LogP contribution in [0, 0.1) is 22.7 Å². The van der Waals surface area contributed by atoms with Crippen LogP contribution in [0.5, 0.6) is 0 Å². The molecule has 6 aromatic carbocycles. The van der Waals surface area contributed by atoms with Crippen LogP contribution in [0.3, 0.4) is 0 Å². The first kappa shape index (κ1) is 23.4. The summed E-state index contributed by atoms with van der Waals surface area (Å²) < 4.78 is 14.9. The summed E-state index contributed by atoms with van der Waals surface area (Å²) in [7, 11) is 0. The molecule has 0 saturated heterocycles. The number of rotatable bonds is 2. The molecular formula is C38H19N3O2. The van der Waals surface area contributed by atoms with Crippen LogP contribution in [0.1, 0.15) is 11.1 Å². The molecule has 9 aromatic rings. The third kappa shape index (κ3) is 3.19. The molecule has 0 spiro atoms. The van der Waals surface area contributed by atoms with Crippen molar-refractivity contribution in [3.63, 3.8) is 0 Å². The molecule has 0 aliphatic carbocycles. The Kier molecular flexibility index (Phi) is 4.68. The number of aromatic nitrogens is 1. The van der Waals surface area contributed by atoms with Crippen molar-refractivity contribution in [1.29, 1.82) is 10.5 Å². The SMILES string of the molecule is N#Cc1ccc2oc3c(ccc4oc5ccc(-c6cccc(C#N)c6-n6c7ccccc7c7ccccc76)cc5c43)c2c1. The van der Waals surface area contributed by atoms with Crippen LogP contribution in [-0.4, -0.2) is 4.57 Å². The number of benzene rings is 6. The molecule has 0 N–H and O–H groups in total. The van der Waals surface area contributed by atoms with Crippen LogP contribution in [0.25, 0.3) is 82.5 Å². The van der Waals surface area contributed by atoms with Gasteiger partial charge >= 0.3 is 0 Å². The first-order chi connectivity index (χ1) is 21.2. The minimum absolute atomic E-state index is 0.588. The van der Waals surface area contributed by atoms with Gasteiger partial charge in [-0.3, -0.25) is 0 Å². The minimum atomic E-state index is 0.588. The number of nitrogens with zero attached hydrogens (tertiary/aromatic N) is 3. The van der Waals surface area contributed by atoms with Gasteiger partial charge in [0.05, 0.1) is 39.3 Å². The van der Waals surface area contributed by atoms with Gasteiger partial charge in [-0.1, -0.05) is 54.6 Å². The van der Waals surface area contributed by atoms with E-state index < -0.39 is 0 Å². The maximum atomic E-state index is 10.3. The zero-order valence-electron chi connectivity index (χ0n) is 22.6. The van der Waals surface area contributed by atoms with E-state index in [0.717, 1.165) is 82.5 Å². The van der Waals surface area contributed by atoms with Gasteiger partial charge in [0.15, 0.2) is 0 Å². The summed E-state index contributed by atoms with van der Waals surface area (Å²) in [5.41, 5.74) is 8.94. The molecule has 0 bridgehead atoms. The van der Waals surface area contributed by atoms with Gasteiger partial charge in [0.1, 0.15) is 28.4 Å². The van der Waals surface area contributed by atoms with Gasteiger partial charge in [0.2, 0.25) is 0 Å². The number of furan rings is 2. The van der Waals surface area contributed by atoms with Crippen molar-refractivity contribution in [3.05, 3.63) is 126 Å². The van der Waals surface area contributed by atoms with Crippen molar-refractivity contribution in [2.75, 3.05) is 0 Å². The summed E-state index contributed by atoms with van der Waals surface area (Å²) in [6.07, 6.45) is 0. The largest absolute Gasteiger partial charge is 0.456 e. The number of hydrogen-bond donors (Lipinski definition) is 0. The summed E-state index contributed by atoms with van der Waals surface area (Å²) >= 11 is 0. The summed E-state index contributed by atoms with van der Waals surface area (Å²) in [5.74, 6) is 0. The molecule has 0 saturated carbocycles. The molecule has 0 aliphatic heterocycles. The van der Waals surface area contributed by atoms with Crippen molar-refractivity contribution in [2.24, 2.45) is 0 Å². The fraction of sp³-hybridized carbons (Fsp3) is 0. The van der Waals surface area contributed by atoms with Crippen LogP contribution in [-0.2, 0) is 0 Å². The highest BCUT2D eigenvalue weighted by Crippen LogP contribution is 2.42. The topological polar surface area (TPSA) is 78.8 Å². The zero-order valence-corrected chi connectivity index (χ0v) is 22.6. The van der Waals surface area contributed by atoms with Crippen molar-refractivity contribution in [1.82, 2.24) is 4.57 Å². The van der Waals surface area contributed by atoms with Crippen LogP contribution < -0.4 is 0 Å². The minimum Gasteiger partial charge on any atom is -0.456 e. The molecule has 0 unspecified atom stereocenters. The van der Waals surface area contributed by atoms with E-state index in [1.807, 2.05) is 72.8 Å². The molecule has 3 heterocycles. The highest BCUT2D eigenvalue weighted by atomic mass is 16.3. The van der Waals surface area contributed by atoms with Gasteiger partial charge in [-0.25, -0.2) is 0 Å². The molecule has 0 aliphatic rings. The number of para-hydroxylation sites is 3. The molecule has 0 fully saturated rings. The average molecular weight is 550 g/mol. The highest BCUT2D eigenvalue weighted by Gasteiger charge is 2.21. The number of hydrogen-bond acceptors (Lipinski definition) is 4. The van der Waals surface area contributed by atoms with Crippen LogP contribution in [0.15, 0.2) is 124 Å². The Balaban J connectivity index is 1.36. The molecule has 198 valence electrons. The zero-order chi connectivity index (χ0) is 28.7. The lowest BCUT2D eigenvalue weighted by Gasteiger charge is -2.16. The molecule has 0 atom stereocenters. The summed E-state index contributed by atoms with van der Waals surface area (Å²) in [5, 5.41) is 25.7. The van der Waals surface area contributed by atoms with E-state index in [1.54, 1.807) is 6.07 Å². The van der Waals surface area contributed by atoms with E-state index in [9.17, 15) is 10.5 Å². The maximum absolute atomic E-state index is 10.3. The summed E-state index contributed by atoms with van der Waals surface area (Å²) in [6.45, 7) is 0. The van der Waals surface area contributed by atoms with E-state index in [2.05, 4.69) is 53.1 Å². The quantitative estimate of drug-likeness (QED) is 0.215. The fourth-order valence-corrected chi connectivity index (χ4v) is 6.60. The second-order valence-corrected chi connectivity index (χ2v) is 10.7. The molecule has 3 aromatic heterocycles.